The maximum atomic E-state index is 12.9. The van der Waals surface area contributed by atoms with E-state index in [0.717, 1.165) is 0 Å². The van der Waals surface area contributed by atoms with Crippen molar-refractivity contribution in [3.8, 4) is 0 Å². The van der Waals surface area contributed by atoms with Gasteiger partial charge in [-0.3, -0.25) is 4.90 Å². The molecule has 2 atom stereocenters. The number of sulfone groups is 1. The number of hydrogen-bond acceptors (Lipinski definition) is 5. The number of halogens is 2. The molecule has 1 fully saturated rings. The molecule has 2 heterocycles. The molecule has 0 radical (unpaired) electrons. The molecule has 2 aliphatic heterocycles. The minimum absolute atomic E-state index is 0.00321. The average molecular weight is 447 g/mol. The van der Waals surface area contributed by atoms with Crippen LogP contribution in [0.5, 0.6) is 0 Å². The smallest absolute Gasteiger partial charge is 0.338 e. The standard InChI is InChI=1S/C18H20Cl2N2O5S/c1-3-27-17(23)14-10(2)22(11-7-8-28(25,26)9-11)18(24)21-16(14)15-12(19)5-4-6-13(15)20/h4-6,11,16H,3,7-9H2,1-2H3,(H,21,24). The van der Waals surface area contributed by atoms with Gasteiger partial charge in [-0.25, -0.2) is 18.0 Å². The first-order chi connectivity index (χ1) is 13.2. The Kier molecular flexibility index (Phi) is 5.93. The number of nitrogens with one attached hydrogen (secondary N) is 1. The fourth-order valence-electron chi connectivity index (χ4n) is 3.65. The number of benzene rings is 1. The zero-order valence-corrected chi connectivity index (χ0v) is 17.7. The molecule has 0 spiro atoms. The predicted molar refractivity (Wildman–Crippen MR) is 106 cm³/mol. The van der Waals surface area contributed by atoms with Crippen LogP contribution < -0.4 is 5.32 Å². The fraction of sp³-hybridized carbons (Fsp3) is 0.444. The molecule has 7 nitrogen and oxygen atoms in total. The summed E-state index contributed by atoms with van der Waals surface area (Å²) in [4.78, 5) is 27.0. The molecule has 1 saturated heterocycles. The first kappa shape index (κ1) is 21.0. The Hall–Kier alpha value is -1.77. The molecule has 1 aromatic rings. The Morgan fingerprint density at radius 3 is 2.50 bits per heavy atom. The van der Waals surface area contributed by atoms with E-state index in [4.69, 9.17) is 27.9 Å². The van der Waals surface area contributed by atoms with Crippen LogP contribution in [0.2, 0.25) is 10.0 Å². The van der Waals surface area contributed by atoms with E-state index in [1.165, 1.54) is 4.90 Å². The summed E-state index contributed by atoms with van der Waals surface area (Å²) < 4.78 is 29.0. The van der Waals surface area contributed by atoms with Crippen LogP contribution >= 0.6 is 23.2 Å². The van der Waals surface area contributed by atoms with Gasteiger partial charge >= 0.3 is 12.0 Å². The summed E-state index contributed by atoms with van der Waals surface area (Å²) >= 11 is 12.6. The SMILES string of the molecule is CCOC(=O)C1=C(C)N(C2CCS(=O)(=O)C2)C(=O)NC1c1c(Cl)cccc1Cl. The van der Waals surface area contributed by atoms with Crippen molar-refractivity contribution in [2.24, 2.45) is 0 Å². The van der Waals surface area contributed by atoms with Crippen molar-refractivity contribution in [1.82, 2.24) is 10.2 Å². The highest BCUT2D eigenvalue weighted by atomic mass is 35.5. The zero-order chi connectivity index (χ0) is 20.6. The highest BCUT2D eigenvalue weighted by Crippen LogP contribution is 2.39. The number of urea groups is 1. The van der Waals surface area contributed by atoms with E-state index >= 15 is 0 Å². The van der Waals surface area contributed by atoms with Crippen molar-refractivity contribution in [1.29, 1.82) is 0 Å². The van der Waals surface area contributed by atoms with Crippen molar-refractivity contribution < 1.29 is 22.7 Å². The van der Waals surface area contributed by atoms with Crippen molar-refractivity contribution in [2.75, 3.05) is 18.1 Å². The van der Waals surface area contributed by atoms with Crippen LogP contribution in [0.25, 0.3) is 0 Å². The number of carbonyl (C=O) groups excluding carboxylic acids is 2. The topological polar surface area (TPSA) is 92.8 Å². The number of esters is 1. The molecule has 3 rings (SSSR count). The molecule has 1 aromatic carbocycles. The van der Waals surface area contributed by atoms with E-state index in [-0.39, 0.29) is 23.7 Å². The number of ether oxygens (including phenoxy) is 1. The van der Waals surface area contributed by atoms with E-state index in [2.05, 4.69) is 5.32 Å². The normalized spacial score (nSPS) is 24.3. The van der Waals surface area contributed by atoms with Crippen LogP contribution in [0.3, 0.4) is 0 Å². The van der Waals surface area contributed by atoms with E-state index in [1.54, 1.807) is 32.0 Å². The van der Waals surface area contributed by atoms with Gasteiger partial charge in [-0.05, 0) is 32.4 Å². The maximum absolute atomic E-state index is 12.9. The van der Waals surface area contributed by atoms with Crippen molar-refractivity contribution in [3.63, 3.8) is 0 Å². The Morgan fingerprint density at radius 2 is 1.96 bits per heavy atom. The van der Waals surface area contributed by atoms with Crippen LogP contribution in [0.15, 0.2) is 29.5 Å². The number of rotatable bonds is 4. The summed E-state index contributed by atoms with van der Waals surface area (Å²) in [5.74, 6) is -0.763. The minimum atomic E-state index is -3.22. The van der Waals surface area contributed by atoms with Crippen molar-refractivity contribution in [3.05, 3.63) is 45.1 Å². The lowest BCUT2D eigenvalue weighted by atomic mass is 9.94. The molecule has 2 amide bonds. The van der Waals surface area contributed by atoms with E-state index < -0.39 is 33.9 Å². The molecule has 2 unspecified atom stereocenters. The number of hydrogen-bond donors (Lipinski definition) is 1. The number of amides is 2. The second kappa shape index (κ2) is 7.93. The van der Waals surface area contributed by atoms with Crippen LogP contribution in [0.1, 0.15) is 31.9 Å². The van der Waals surface area contributed by atoms with Gasteiger partial charge in [0.05, 0.1) is 35.8 Å². The highest BCUT2D eigenvalue weighted by molar-refractivity contribution is 7.91. The first-order valence-electron chi connectivity index (χ1n) is 8.78. The van der Waals surface area contributed by atoms with Gasteiger partial charge in [0.25, 0.3) is 0 Å². The average Bonchev–Trinajstić information content (AvgIpc) is 2.94. The van der Waals surface area contributed by atoms with Gasteiger partial charge < -0.3 is 10.1 Å². The molecule has 0 saturated carbocycles. The highest BCUT2D eigenvalue weighted by Gasteiger charge is 2.43. The Balaban J connectivity index is 2.12. The molecule has 2 aliphatic rings. The summed E-state index contributed by atoms with van der Waals surface area (Å²) in [5, 5.41) is 3.34. The van der Waals surface area contributed by atoms with Gasteiger partial charge in [-0.1, -0.05) is 29.3 Å². The molecule has 152 valence electrons. The van der Waals surface area contributed by atoms with E-state index in [1.807, 2.05) is 0 Å². The number of nitrogens with zero attached hydrogens (tertiary/aromatic N) is 1. The molecule has 0 bridgehead atoms. The number of carbonyl (C=O) groups is 2. The summed E-state index contributed by atoms with van der Waals surface area (Å²) in [6, 6.07) is 2.94. The van der Waals surface area contributed by atoms with Gasteiger partial charge in [0, 0.05) is 21.3 Å². The molecular formula is C18H20Cl2N2O5S. The quantitative estimate of drug-likeness (QED) is 0.717. The maximum Gasteiger partial charge on any atom is 0.338 e. The zero-order valence-electron chi connectivity index (χ0n) is 15.4. The second-order valence-electron chi connectivity index (χ2n) is 6.66. The second-order valence-corrected chi connectivity index (χ2v) is 9.71. The van der Waals surface area contributed by atoms with Crippen LogP contribution in [-0.4, -0.2) is 49.5 Å². The van der Waals surface area contributed by atoms with Gasteiger partial charge in [0.15, 0.2) is 9.84 Å². The Bertz CT molecular complexity index is 940. The molecule has 0 aromatic heterocycles. The lowest BCUT2D eigenvalue weighted by Crippen LogP contribution is -2.52. The van der Waals surface area contributed by atoms with Gasteiger partial charge in [-0.15, -0.1) is 0 Å². The third kappa shape index (κ3) is 3.86. The van der Waals surface area contributed by atoms with Gasteiger partial charge in [-0.2, -0.15) is 0 Å². The predicted octanol–water partition coefficient (Wildman–Crippen LogP) is 3.08. The fourth-order valence-corrected chi connectivity index (χ4v) is 5.97. The Labute approximate surface area is 173 Å². The van der Waals surface area contributed by atoms with Crippen LogP contribution in [0.4, 0.5) is 4.79 Å². The number of allylic oxidation sites excluding steroid dienone is 1. The van der Waals surface area contributed by atoms with Crippen LogP contribution in [0, 0.1) is 0 Å². The summed E-state index contributed by atoms with van der Waals surface area (Å²) in [6.07, 6.45) is 0.306. The van der Waals surface area contributed by atoms with Gasteiger partial charge in [0.1, 0.15) is 0 Å². The summed E-state index contributed by atoms with van der Waals surface area (Å²) in [7, 11) is -3.22. The minimum Gasteiger partial charge on any atom is -0.463 e. The largest absolute Gasteiger partial charge is 0.463 e. The third-order valence-electron chi connectivity index (χ3n) is 4.88. The molecular weight excluding hydrogens is 427 g/mol. The summed E-state index contributed by atoms with van der Waals surface area (Å²) in [5.41, 5.74) is 0.909. The monoisotopic (exact) mass is 446 g/mol. The van der Waals surface area contributed by atoms with Crippen molar-refractivity contribution >= 4 is 45.0 Å². The first-order valence-corrected chi connectivity index (χ1v) is 11.4. The lowest BCUT2D eigenvalue weighted by molar-refractivity contribution is -0.139. The molecule has 10 heteroatoms. The van der Waals surface area contributed by atoms with E-state index in [9.17, 15) is 18.0 Å². The summed E-state index contributed by atoms with van der Waals surface area (Å²) in [6.45, 7) is 3.42. The van der Waals surface area contributed by atoms with Crippen molar-refractivity contribution in [2.45, 2.75) is 32.4 Å². The molecule has 0 aliphatic carbocycles. The Morgan fingerprint density at radius 1 is 1.32 bits per heavy atom. The lowest BCUT2D eigenvalue weighted by Gasteiger charge is -2.38. The van der Waals surface area contributed by atoms with Crippen LogP contribution in [-0.2, 0) is 19.4 Å². The van der Waals surface area contributed by atoms with Gasteiger partial charge in [0.2, 0.25) is 0 Å². The molecule has 1 N–H and O–H groups in total. The third-order valence-corrected chi connectivity index (χ3v) is 7.29. The van der Waals surface area contributed by atoms with E-state index in [0.29, 0.717) is 27.7 Å². The molecule has 28 heavy (non-hydrogen) atoms.